The average molecular weight is 242 g/mol. The molecule has 3 aromatic rings. The van der Waals surface area contributed by atoms with Crippen molar-refractivity contribution in [2.24, 2.45) is 5.11 Å². The molecule has 0 spiro atoms. The summed E-state index contributed by atoms with van der Waals surface area (Å²) in [5, 5.41) is 9.99. The molecule has 0 bridgehead atoms. The highest BCUT2D eigenvalue weighted by atomic mass is 16.4. The Morgan fingerprint density at radius 3 is 3.11 bits per heavy atom. The Bertz CT molecular complexity index is 820. The number of aromatic amines is 2. The van der Waals surface area contributed by atoms with E-state index < -0.39 is 5.76 Å². The molecule has 1 aromatic carbocycles. The topological polar surface area (TPSA) is 123 Å². The second-order valence-corrected chi connectivity index (χ2v) is 3.55. The largest absolute Gasteiger partial charge is 0.417 e. The van der Waals surface area contributed by atoms with Gasteiger partial charge in [0.2, 0.25) is 0 Å². The van der Waals surface area contributed by atoms with E-state index in [1.165, 1.54) is 0 Å². The normalized spacial score (nSPS) is 10.4. The van der Waals surface area contributed by atoms with Gasteiger partial charge < -0.3 is 4.42 Å². The summed E-state index contributed by atoms with van der Waals surface area (Å²) in [7, 11) is 0. The number of nitrogens with zero attached hydrogens (tertiary/aromatic N) is 4. The van der Waals surface area contributed by atoms with Crippen LogP contribution >= 0.6 is 0 Å². The van der Waals surface area contributed by atoms with Gasteiger partial charge in [-0.25, -0.2) is 4.79 Å². The molecular formula is C10H6N6O2. The molecule has 18 heavy (non-hydrogen) atoms. The number of H-pyrrole nitrogens is 2. The molecule has 0 fully saturated rings. The number of oxazole rings is 1. The van der Waals surface area contributed by atoms with Crippen LogP contribution in [0.1, 0.15) is 0 Å². The Labute approximate surface area is 98.9 Å². The fourth-order valence-electron chi connectivity index (χ4n) is 1.66. The van der Waals surface area contributed by atoms with E-state index in [4.69, 9.17) is 9.95 Å². The lowest BCUT2D eigenvalue weighted by atomic mass is 10.1. The predicted molar refractivity (Wildman–Crippen MR) is 63.2 cm³/mol. The zero-order chi connectivity index (χ0) is 12.5. The summed E-state index contributed by atoms with van der Waals surface area (Å²) in [6.45, 7) is 0. The van der Waals surface area contributed by atoms with Gasteiger partial charge in [-0.1, -0.05) is 6.07 Å². The third kappa shape index (κ3) is 1.62. The van der Waals surface area contributed by atoms with Crippen molar-refractivity contribution in [3.63, 3.8) is 0 Å². The smallest absolute Gasteiger partial charge is 0.408 e. The molecule has 8 heteroatoms. The lowest BCUT2D eigenvalue weighted by Crippen LogP contribution is -1.92. The van der Waals surface area contributed by atoms with Crippen molar-refractivity contribution in [3.8, 4) is 11.3 Å². The Balaban J connectivity index is 2.12. The molecule has 0 saturated carbocycles. The number of benzene rings is 1. The van der Waals surface area contributed by atoms with E-state index >= 15 is 0 Å². The Hall–Kier alpha value is -2.99. The van der Waals surface area contributed by atoms with E-state index in [0.717, 1.165) is 5.56 Å². The highest BCUT2D eigenvalue weighted by molar-refractivity contribution is 5.79. The van der Waals surface area contributed by atoms with E-state index in [9.17, 15) is 4.79 Å². The molecule has 0 saturated heterocycles. The minimum atomic E-state index is -0.501. The summed E-state index contributed by atoms with van der Waals surface area (Å²) < 4.78 is 4.95. The maximum absolute atomic E-state index is 11.0. The van der Waals surface area contributed by atoms with Crippen molar-refractivity contribution in [2.45, 2.75) is 0 Å². The van der Waals surface area contributed by atoms with E-state index in [-0.39, 0.29) is 0 Å². The number of rotatable bonds is 2. The first-order valence-corrected chi connectivity index (χ1v) is 5.00. The number of azide groups is 1. The van der Waals surface area contributed by atoms with Gasteiger partial charge in [0.05, 0.1) is 11.2 Å². The standard InChI is InChI=1S/C10H6N6O2/c11-16-15-9-4-7(13-14-9)5-1-2-6-8(3-5)18-10(17)12-6/h1-4H,(H,12,17)(H,13,14). The van der Waals surface area contributed by atoms with Crippen LogP contribution in [-0.2, 0) is 0 Å². The van der Waals surface area contributed by atoms with Crippen molar-refractivity contribution in [1.29, 1.82) is 0 Å². The number of hydrogen-bond acceptors (Lipinski definition) is 4. The number of hydrogen-bond donors (Lipinski definition) is 2. The van der Waals surface area contributed by atoms with Gasteiger partial charge in [0.25, 0.3) is 0 Å². The molecule has 2 aromatic heterocycles. The van der Waals surface area contributed by atoms with Crippen molar-refractivity contribution in [2.75, 3.05) is 0 Å². The first kappa shape index (κ1) is 10.2. The first-order valence-electron chi connectivity index (χ1n) is 5.00. The fraction of sp³-hybridized carbons (Fsp3) is 0. The highest BCUT2D eigenvalue weighted by Crippen LogP contribution is 2.24. The van der Waals surface area contributed by atoms with Crippen LogP contribution < -0.4 is 5.76 Å². The zero-order valence-corrected chi connectivity index (χ0v) is 8.91. The summed E-state index contributed by atoms with van der Waals surface area (Å²) in [5.41, 5.74) is 10.7. The number of aromatic nitrogens is 3. The average Bonchev–Trinajstić information content (AvgIpc) is 2.93. The van der Waals surface area contributed by atoms with Crippen molar-refractivity contribution in [1.82, 2.24) is 15.2 Å². The second-order valence-electron chi connectivity index (χ2n) is 3.55. The van der Waals surface area contributed by atoms with Crippen LogP contribution in [0.15, 0.2) is 38.6 Å². The maximum atomic E-state index is 11.0. The van der Waals surface area contributed by atoms with Crippen LogP contribution in [0.2, 0.25) is 0 Å². The molecule has 3 rings (SSSR count). The lowest BCUT2D eigenvalue weighted by molar-refractivity contribution is 0.555. The van der Waals surface area contributed by atoms with Crippen LogP contribution in [0.3, 0.4) is 0 Å². The number of nitrogens with one attached hydrogen (secondary N) is 2. The quantitative estimate of drug-likeness (QED) is 0.407. The van der Waals surface area contributed by atoms with Gasteiger partial charge in [0.15, 0.2) is 5.58 Å². The van der Waals surface area contributed by atoms with E-state index in [1.807, 2.05) is 0 Å². The molecule has 2 heterocycles. The molecule has 0 aliphatic carbocycles. The monoisotopic (exact) mass is 242 g/mol. The molecule has 0 amide bonds. The summed E-state index contributed by atoms with van der Waals surface area (Å²) in [6, 6.07) is 6.79. The van der Waals surface area contributed by atoms with Gasteiger partial charge in [-0.05, 0) is 28.8 Å². The van der Waals surface area contributed by atoms with Crippen LogP contribution in [0, 0.1) is 0 Å². The van der Waals surface area contributed by atoms with Gasteiger partial charge in [-0.15, -0.1) is 0 Å². The minimum absolute atomic E-state index is 0.322. The van der Waals surface area contributed by atoms with Gasteiger partial charge in [-0.3, -0.25) is 10.1 Å². The molecule has 0 radical (unpaired) electrons. The Morgan fingerprint density at radius 1 is 1.39 bits per heavy atom. The highest BCUT2D eigenvalue weighted by Gasteiger charge is 2.06. The van der Waals surface area contributed by atoms with Crippen molar-refractivity contribution < 1.29 is 4.42 Å². The summed E-state index contributed by atoms with van der Waals surface area (Å²) in [4.78, 5) is 16.2. The molecule has 8 nitrogen and oxygen atoms in total. The van der Waals surface area contributed by atoms with Gasteiger partial charge in [0, 0.05) is 10.5 Å². The molecule has 0 aliphatic rings. The lowest BCUT2D eigenvalue weighted by Gasteiger charge is -1.94. The third-order valence-corrected chi connectivity index (χ3v) is 2.43. The van der Waals surface area contributed by atoms with Crippen LogP contribution in [0.25, 0.3) is 32.8 Å². The second kappa shape index (κ2) is 3.79. The maximum Gasteiger partial charge on any atom is 0.417 e. The van der Waals surface area contributed by atoms with Crippen LogP contribution in [0.5, 0.6) is 0 Å². The molecule has 0 atom stereocenters. The van der Waals surface area contributed by atoms with Crippen LogP contribution in [0.4, 0.5) is 5.82 Å². The summed E-state index contributed by atoms with van der Waals surface area (Å²) in [6.07, 6.45) is 0. The Morgan fingerprint density at radius 2 is 2.28 bits per heavy atom. The summed E-state index contributed by atoms with van der Waals surface area (Å²) >= 11 is 0. The number of fused-ring (bicyclic) bond motifs is 1. The first-order chi connectivity index (χ1) is 8.76. The van der Waals surface area contributed by atoms with Gasteiger partial charge in [0.1, 0.15) is 5.82 Å². The molecule has 88 valence electrons. The van der Waals surface area contributed by atoms with Crippen molar-refractivity contribution in [3.05, 3.63) is 45.3 Å². The predicted octanol–water partition coefficient (Wildman–Crippen LogP) is 2.45. The fourth-order valence-corrected chi connectivity index (χ4v) is 1.66. The van der Waals surface area contributed by atoms with E-state index in [0.29, 0.717) is 22.6 Å². The van der Waals surface area contributed by atoms with Crippen molar-refractivity contribution >= 4 is 16.9 Å². The van der Waals surface area contributed by atoms with Gasteiger partial charge in [-0.2, -0.15) is 5.10 Å². The molecule has 0 unspecified atom stereocenters. The molecule has 0 aliphatic heterocycles. The van der Waals surface area contributed by atoms with Crippen LogP contribution in [-0.4, -0.2) is 15.2 Å². The Kier molecular flexibility index (Phi) is 2.14. The SMILES string of the molecule is [N-]=[N+]=Nc1cc(-c2ccc3[nH]c(=O)oc3c2)n[nH]1. The van der Waals surface area contributed by atoms with E-state index in [1.54, 1.807) is 24.3 Å². The molecule has 2 N–H and O–H groups in total. The van der Waals surface area contributed by atoms with Gasteiger partial charge >= 0.3 is 5.76 Å². The summed E-state index contributed by atoms with van der Waals surface area (Å²) in [5.74, 6) is -0.179. The third-order valence-electron chi connectivity index (χ3n) is 2.43. The van der Waals surface area contributed by atoms with E-state index in [2.05, 4.69) is 25.2 Å². The molecular weight excluding hydrogens is 236 g/mol. The zero-order valence-electron chi connectivity index (χ0n) is 8.91. The minimum Gasteiger partial charge on any atom is -0.408 e.